The predicted octanol–water partition coefficient (Wildman–Crippen LogP) is 2.41. The molecule has 0 bridgehead atoms. The molecule has 0 aromatic carbocycles. The van der Waals surface area contributed by atoms with Gasteiger partial charge >= 0.3 is 0 Å². The van der Waals surface area contributed by atoms with Crippen molar-refractivity contribution in [3.05, 3.63) is 23.7 Å². The Hall–Kier alpha value is -0.800. The number of furan rings is 1. The highest BCUT2D eigenvalue weighted by atomic mass is 16.3. The molecule has 0 saturated carbocycles. The molecule has 0 saturated heterocycles. The van der Waals surface area contributed by atoms with Crippen molar-refractivity contribution in [1.82, 2.24) is 10.2 Å². The lowest BCUT2D eigenvalue weighted by Crippen LogP contribution is -2.38. The molecule has 1 heterocycles. The van der Waals surface area contributed by atoms with Gasteiger partial charge in [-0.3, -0.25) is 0 Å². The summed E-state index contributed by atoms with van der Waals surface area (Å²) in [4.78, 5) is 2.42. The van der Waals surface area contributed by atoms with E-state index in [0.717, 1.165) is 37.7 Å². The van der Waals surface area contributed by atoms with Crippen molar-refractivity contribution >= 4 is 0 Å². The van der Waals surface area contributed by atoms with Crippen molar-refractivity contribution in [3.63, 3.8) is 0 Å². The monoisotopic (exact) mass is 224 g/mol. The van der Waals surface area contributed by atoms with Crippen LogP contribution in [0.5, 0.6) is 0 Å². The smallest absolute Gasteiger partial charge is 0.117 e. The van der Waals surface area contributed by atoms with E-state index in [1.54, 1.807) is 0 Å². The number of rotatable bonds is 7. The van der Waals surface area contributed by atoms with Gasteiger partial charge in [-0.05, 0) is 39.1 Å². The number of aryl methyl sites for hydroxylation is 1. The van der Waals surface area contributed by atoms with E-state index in [0.29, 0.717) is 6.04 Å². The zero-order valence-electron chi connectivity index (χ0n) is 10.9. The standard InChI is InChI=1S/C13H24N2O/c1-5-15(6-2)10-11(3)14-9-13-8-7-12(4)16-13/h7-8,11,14H,5-6,9-10H2,1-4H3. The maximum atomic E-state index is 5.52. The van der Waals surface area contributed by atoms with E-state index in [1.807, 2.05) is 19.1 Å². The van der Waals surface area contributed by atoms with Crippen LogP contribution in [-0.2, 0) is 6.54 Å². The number of nitrogens with one attached hydrogen (secondary N) is 1. The summed E-state index contributed by atoms with van der Waals surface area (Å²) in [5, 5.41) is 3.48. The summed E-state index contributed by atoms with van der Waals surface area (Å²) in [6, 6.07) is 4.53. The molecule has 1 atom stereocenters. The fourth-order valence-corrected chi connectivity index (χ4v) is 1.79. The highest BCUT2D eigenvalue weighted by Gasteiger charge is 2.07. The molecule has 0 fully saturated rings. The third-order valence-corrected chi connectivity index (χ3v) is 2.85. The molecule has 0 spiro atoms. The molecule has 0 amide bonds. The summed E-state index contributed by atoms with van der Waals surface area (Å²) in [5.74, 6) is 2.00. The van der Waals surface area contributed by atoms with Gasteiger partial charge in [0.25, 0.3) is 0 Å². The van der Waals surface area contributed by atoms with E-state index >= 15 is 0 Å². The Morgan fingerprint density at radius 2 is 2.00 bits per heavy atom. The van der Waals surface area contributed by atoms with E-state index in [4.69, 9.17) is 4.42 Å². The molecule has 1 unspecified atom stereocenters. The van der Waals surface area contributed by atoms with Gasteiger partial charge in [-0.25, -0.2) is 0 Å². The summed E-state index contributed by atoms with van der Waals surface area (Å²) >= 11 is 0. The third kappa shape index (κ3) is 4.37. The first kappa shape index (κ1) is 13.3. The van der Waals surface area contributed by atoms with Crippen molar-refractivity contribution in [3.8, 4) is 0 Å². The maximum Gasteiger partial charge on any atom is 0.117 e. The van der Waals surface area contributed by atoms with Gasteiger partial charge in [0.2, 0.25) is 0 Å². The van der Waals surface area contributed by atoms with E-state index in [9.17, 15) is 0 Å². The van der Waals surface area contributed by atoms with Crippen molar-refractivity contribution in [2.45, 2.75) is 40.3 Å². The second-order valence-corrected chi connectivity index (χ2v) is 4.28. The molecule has 1 aromatic rings. The molecule has 0 aliphatic rings. The van der Waals surface area contributed by atoms with Crippen LogP contribution in [0.4, 0.5) is 0 Å². The second-order valence-electron chi connectivity index (χ2n) is 4.28. The third-order valence-electron chi connectivity index (χ3n) is 2.85. The Balaban J connectivity index is 2.26. The first-order valence-electron chi connectivity index (χ1n) is 6.16. The molecule has 1 aromatic heterocycles. The number of hydrogen-bond acceptors (Lipinski definition) is 3. The molecular formula is C13H24N2O. The molecule has 0 aliphatic carbocycles. The Kier molecular flexibility index (Phi) is 5.56. The molecule has 1 rings (SSSR count). The van der Waals surface area contributed by atoms with Gasteiger partial charge in [-0.15, -0.1) is 0 Å². The Morgan fingerprint density at radius 1 is 1.31 bits per heavy atom. The lowest BCUT2D eigenvalue weighted by atomic mass is 10.3. The summed E-state index contributed by atoms with van der Waals surface area (Å²) < 4.78 is 5.52. The fraction of sp³-hybridized carbons (Fsp3) is 0.692. The van der Waals surface area contributed by atoms with Crippen molar-refractivity contribution in [2.75, 3.05) is 19.6 Å². The molecule has 16 heavy (non-hydrogen) atoms. The second kappa shape index (κ2) is 6.71. The van der Waals surface area contributed by atoms with E-state index in [1.165, 1.54) is 0 Å². The van der Waals surface area contributed by atoms with Crippen LogP contribution in [-0.4, -0.2) is 30.6 Å². The molecular weight excluding hydrogens is 200 g/mol. The lowest BCUT2D eigenvalue weighted by molar-refractivity contribution is 0.268. The van der Waals surface area contributed by atoms with Crippen LogP contribution < -0.4 is 5.32 Å². The van der Waals surface area contributed by atoms with E-state index in [-0.39, 0.29) is 0 Å². The topological polar surface area (TPSA) is 28.4 Å². The molecule has 0 aliphatic heterocycles. The highest BCUT2D eigenvalue weighted by Crippen LogP contribution is 2.05. The van der Waals surface area contributed by atoms with Gasteiger partial charge in [0.05, 0.1) is 6.54 Å². The zero-order chi connectivity index (χ0) is 12.0. The predicted molar refractivity (Wildman–Crippen MR) is 67.5 cm³/mol. The van der Waals surface area contributed by atoms with Gasteiger partial charge in [-0.2, -0.15) is 0 Å². The van der Waals surface area contributed by atoms with Crippen LogP contribution in [0.3, 0.4) is 0 Å². The van der Waals surface area contributed by atoms with Gasteiger partial charge in [0.15, 0.2) is 0 Å². The van der Waals surface area contributed by atoms with Crippen LogP contribution in [0.25, 0.3) is 0 Å². The molecule has 92 valence electrons. The number of likely N-dealkylation sites (N-methyl/N-ethyl adjacent to an activating group) is 1. The van der Waals surface area contributed by atoms with E-state index < -0.39 is 0 Å². The van der Waals surface area contributed by atoms with Crippen LogP contribution >= 0.6 is 0 Å². The van der Waals surface area contributed by atoms with Gasteiger partial charge in [-0.1, -0.05) is 13.8 Å². The minimum Gasteiger partial charge on any atom is -0.465 e. The summed E-state index contributed by atoms with van der Waals surface area (Å²) in [5.41, 5.74) is 0. The van der Waals surface area contributed by atoms with Crippen LogP contribution in [0.15, 0.2) is 16.5 Å². The van der Waals surface area contributed by atoms with Crippen LogP contribution in [0.1, 0.15) is 32.3 Å². The molecule has 3 nitrogen and oxygen atoms in total. The summed E-state index contributed by atoms with van der Waals surface area (Å²) in [7, 11) is 0. The van der Waals surface area contributed by atoms with Crippen molar-refractivity contribution < 1.29 is 4.42 Å². The van der Waals surface area contributed by atoms with Gasteiger partial charge < -0.3 is 14.6 Å². The average molecular weight is 224 g/mol. The SMILES string of the molecule is CCN(CC)CC(C)NCc1ccc(C)o1. The summed E-state index contributed by atoms with van der Waals surface area (Å²) in [6.45, 7) is 12.7. The minimum atomic E-state index is 0.491. The Bertz CT molecular complexity index is 292. The van der Waals surface area contributed by atoms with Crippen LogP contribution in [0, 0.1) is 6.92 Å². The van der Waals surface area contributed by atoms with Crippen molar-refractivity contribution in [2.24, 2.45) is 0 Å². The van der Waals surface area contributed by atoms with Gasteiger partial charge in [0.1, 0.15) is 11.5 Å². The summed E-state index contributed by atoms with van der Waals surface area (Å²) in [6.07, 6.45) is 0. The van der Waals surface area contributed by atoms with Crippen LogP contribution in [0.2, 0.25) is 0 Å². The highest BCUT2D eigenvalue weighted by molar-refractivity contribution is 5.05. The normalized spacial score (nSPS) is 13.3. The molecule has 3 heteroatoms. The maximum absolute atomic E-state index is 5.52. The zero-order valence-corrected chi connectivity index (χ0v) is 10.9. The first-order chi connectivity index (χ1) is 7.65. The van der Waals surface area contributed by atoms with Crippen molar-refractivity contribution in [1.29, 1.82) is 0 Å². The Labute approximate surface area is 98.8 Å². The molecule has 0 radical (unpaired) electrons. The number of nitrogens with zero attached hydrogens (tertiary/aromatic N) is 1. The van der Waals surface area contributed by atoms with E-state index in [2.05, 4.69) is 31.0 Å². The minimum absolute atomic E-state index is 0.491. The average Bonchev–Trinajstić information content (AvgIpc) is 2.69. The first-order valence-corrected chi connectivity index (χ1v) is 6.16. The fourth-order valence-electron chi connectivity index (χ4n) is 1.79. The van der Waals surface area contributed by atoms with Gasteiger partial charge in [0, 0.05) is 12.6 Å². The quantitative estimate of drug-likeness (QED) is 0.771. The lowest BCUT2D eigenvalue weighted by Gasteiger charge is -2.23. The molecule has 1 N–H and O–H groups in total. The number of hydrogen-bond donors (Lipinski definition) is 1. The largest absolute Gasteiger partial charge is 0.465 e. The Morgan fingerprint density at radius 3 is 2.50 bits per heavy atom.